The van der Waals surface area contributed by atoms with Crippen LogP contribution in [-0.2, 0) is 15.1 Å². The fourth-order valence-electron chi connectivity index (χ4n) is 5.51. The van der Waals surface area contributed by atoms with Gasteiger partial charge in [-0.15, -0.1) is 0 Å². The Bertz CT molecular complexity index is 1030. The molecule has 1 saturated heterocycles. The van der Waals surface area contributed by atoms with E-state index in [0.29, 0.717) is 43.0 Å². The number of piperidine rings is 1. The number of para-hydroxylation sites is 1. The summed E-state index contributed by atoms with van der Waals surface area (Å²) in [6.07, 6.45) is 6.55. The molecule has 1 aromatic heterocycles. The molecule has 0 unspecified atom stereocenters. The van der Waals surface area contributed by atoms with Gasteiger partial charge in [0, 0.05) is 37.7 Å². The number of aromatic nitrogens is 1. The number of amides is 1. The highest BCUT2D eigenvalue weighted by Gasteiger charge is 2.49. The van der Waals surface area contributed by atoms with Gasteiger partial charge in [-0.3, -0.25) is 4.79 Å². The third kappa shape index (κ3) is 4.67. The first-order valence-corrected chi connectivity index (χ1v) is 12.5. The van der Waals surface area contributed by atoms with Crippen molar-refractivity contribution in [1.82, 2.24) is 14.8 Å². The predicted molar refractivity (Wildman–Crippen MR) is 128 cm³/mol. The number of ether oxygens (including phenoxy) is 2. The summed E-state index contributed by atoms with van der Waals surface area (Å²) in [5.74, 6) is 0.823. The number of nitrogens with zero attached hydrogens (tertiary/aromatic N) is 3. The smallest absolute Gasteiger partial charge is 0.358 e. The van der Waals surface area contributed by atoms with Crippen LogP contribution in [-0.4, -0.2) is 59.9 Å². The van der Waals surface area contributed by atoms with Crippen LogP contribution < -0.4 is 4.74 Å². The molecule has 0 bridgehead atoms. The zero-order chi connectivity index (χ0) is 23.5. The van der Waals surface area contributed by atoms with Crippen molar-refractivity contribution in [1.29, 1.82) is 0 Å². The van der Waals surface area contributed by atoms with E-state index in [1.807, 2.05) is 48.3 Å². The quantitative estimate of drug-likeness (QED) is 0.593. The first-order chi connectivity index (χ1) is 16.5. The van der Waals surface area contributed by atoms with Gasteiger partial charge in [0.05, 0.1) is 0 Å². The molecule has 180 valence electrons. The number of likely N-dealkylation sites (tertiary alicyclic amines) is 1. The van der Waals surface area contributed by atoms with Crippen LogP contribution in [0, 0.1) is 5.92 Å². The molecule has 1 amide bonds. The number of hydrogen-bond donors (Lipinski definition) is 0. The fraction of sp³-hybridized carbons (Fsp3) is 0.519. The lowest BCUT2D eigenvalue weighted by Crippen LogP contribution is -2.43. The van der Waals surface area contributed by atoms with Gasteiger partial charge in [0.2, 0.25) is 11.8 Å². The van der Waals surface area contributed by atoms with Crippen molar-refractivity contribution in [3.8, 4) is 11.6 Å². The zero-order valence-electron chi connectivity index (χ0n) is 19.9. The summed E-state index contributed by atoms with van der Waals surface area (Å²) in [4.78, 5) is 34.6. The van der Waals surface area contributed by atoms with Gasteiger partial charge in [0.1, 0.15) is 11.4 Å². The molecule has 0 atom stereocenters. The van der Waals surface area contributed by atoms with Crippen molar-refractivity contribution in [2.24, 2.45) is 5.92 Å². The van der Waals surface area contributed by atoms with Gasteiger partial charge in [-0.05, 0) is 69.8 Å². The van der Waals surface area contributed by atoms with Crippen LogP contribution in [0.1, 0.15) is 61.0 Å². The van der Waals surface area contributed by atoms with E-state index in [1.165, 1.54) is 19.3 Å². The Kier molecular flexibility index (Phi) is 6.55. The highest BCUT2D eigenvalue weighted by atomic mass is 16.6. The highest BCUT2D eigenvalue weighted by Crippen LogP contribution is 2.48. The molecule has 5 rings (SSSR count). The van der Waals surface area contributed by atoms with Crippen LogP contribution >= 0.6 is 0 Å². The van der Waals surface area contributed by atoms with Crippen LogP contribution in [0.25, 0.3) is 0 Å². The number of likely N-dealkylation sites (N-methyl/N-ethyl adjacent to an activating group) is 1. The lowest BCUT2D eigenvalue weighted by molar-refractivity contribution is -0.137. The summed E-state index contributed by atoms with van der Waals surface area (Å²) in [6, 6.07) is 13.1. The maximum Gasteiger partial charge on any atom is 0.358 e. The molecule has 0 N–H and O–H groups in total. The number of carbonyl (C=O) groups excluding carboxylic acids is 2. The Balaban J connectivity index is 1.20. The molecule has 7 heteroatoms. The zero-order valence-corrected chi connectivity index (χ0v) is 19.9. The predicted octanol–water partition coefficient (Wildman–Crippen LogP) is 4.37. The van der Waals surface area contributed by atoms with Gasteiger partial charge >= 0.3 is 5.97 Å². The number of hydrogen-bond acceptors (Lipinski definition) is 6. The Morgan fingerprint density at radius 2 is 1.85 bits per heavy atom. The van der Waals surface area contributed by atoms with Gasteiger partial charge in [-0.2, -0.15) is 0 Å². The maximum atomic E-state index is 13.1. The third-order valence-corrected chi connectivity index (χ3v) is 7.53. The Labute approximate surface area is 201 Å². The van der Waals surface area contributed by atoms with Crippen molar-refractivity contribution >= 4 is 11.9 Å². The topological polar surface area (TPSA) is 72.0 Å². The van der Waals surface area contributed by atoms with Crippen LogP contribution in [0.15, 0.2) is 42.5 Å². The minimum absolute atomic E-state index is 0.0200. The number of rotatable bonds is 6. The summed E-state index contributed by atoms with van der Waals surface area (Å²) >= 11 is 0. The van der Waals surface area contributed by atoms with E-state index >= 15 is 0 Å². The van der Waals surface area contributed by atoms with Crippen molar-refractivity contribution in [3.05, 3.63) is 53.7 Å². The second-order valence-electron chi connectivity index (χ2n) is 9.78. The molecular weight excluding hydrogens is 430 g/mol. The summed E-state index contributed by atoms with van der Waals surface area (Å²) in [6.45, 7) is 4.01. The number of benzene rings is 1. The van der Waals surface area contributed by atoms with Crippen LogP contribution in [0.2, 0.25) is 0 Å². The van der Waals surface area contributed by atoms with E-state index < -0.39 is 11.6 Å². The first-order valence-electron chi connectivity index (χ1n) is 12.5. The van der Waals surface area contributed by atoms with E-state index in [9.17, 15) is 9.59 Å². The molecule has 0 radical (unpaired) electrons. The van der Waals surface area contributed by atoms with Gasteiger partial charge in [-0.25, -0.2) is 9.78 Å². The molecule has 34 heavy (non-hydrogen) atoms. The first kappa shape index (κ1) is 22.8. The SMILES string of the molecule is CN(CCN1CCCCC1)C(=O)[C@H]1CC[C@@]2(CC1)OC(=O)c1nc(Oc3ccccc3)ccc12. The van der Waals surface area contributed by atoms with Crippen LogP contribution in [0.3, 0.4) is 0 Å². The normalized spacial score (nSPS) is 24.5. The number of esters is 1. The Hall–Kier alpha value is -2.93. The molecular formula is C27H33N3O4. The molecule has 7 nitrogen and oxygen atoms in total. The second kappa shape index (κ2) is 9.74. The molecule has 3 heterocycles. The lowest BCUT2D eigenvalue weighted by atomic mass is 9.75. The van der Waals surface area contributed by atoms with Crippen molar-refractivity contribution in [3.63, 3.8) is 0 Å². The average Bonchev–Trinajstić information content (AvgIpc) is 3.14. The Morgan fingerprint density at radius 1 is 1.12 bits per heavy atom. The minimum atomic E-state index is -0.673. The largest absolute Gasteiger partial charge is 0.449 e. The van der Waals surface area contributed by atoms with Gasteiger partial charge < -0.3 is 19.3 Å². The maximum absolute atomic E-state index is 13.1. The molecule has 1 aromatic carbocycles. The summed E-state index contributed by atoms with van der Waals surface area (Å²) < 4.78 is 11.7. The summed E-state index contributed by atoms with van der Waals surface area (Å²) in [5.41, 5.74) is 0.479. The average molecular weight is 464 g/mol. The molecule has 1 aliphatic carbocycles. The summed E-state index contributed by atoms with van der Waals surface area (Å²) in [7, 11) is 1.92. The van der Waals surface area contributed by atoms with Crippen LogP contribution in [0.5, 0.6) is 11.6 Å². The van der Waals surface area contributed by atoms with Crippen molar-refractivity contribution < 1.29 is 19.1 Å². The van der Waals surface area contributed by atoms with Crippen molar-refractivity contribution in [2.45, 2.75) is 50.5 Å². The molecule has 3 aliphatic rings. The molecule has 1 saturated carbocycles. The number of fused-ring (bicyclic) bond motifs is 2. The van der Waals surface area contributed by atoms with Crippen molar-refractivity contribution in [2.75, 3.05) is 33.2 Å². The highest BCUT2D eigenvalue weighted by molar-refractivity contribution is 5.93. The van der Waals surface area contributed by atoms with E-state index in [2.05, 4.69) is 9.88 Å². The fourth-order valence-corrected chi connectivity index (χ4v) is 5.51. The van der Waals surface area contributed by atoms with E-state index in [4.69, 9.17) is 9.47 Å². The molecule has 2 aromatic rings. The summed E-state index contributed by atoms with van der Waals surface area (Å²) in [5, 5.41) is 0. The monoisotopic (exact) mass is 463 g/mol. The molecule has 2 fully saturated rings. The van der Waals surface area contributed by atoms with E-state index in [-0.39, 0.29) is 11.8 Å². The van der Waals surface area contributed by atoms with Gasteiger partial charge in [0.15, 0.2) is 5.69 Å². The standard InChI is InChI=1S/C27H33N3O4/c1-29(18-19-30-16-6-3-7-17-30)25(31)20-12-14-27(15-13-20)22-10-11-23(28-24(22)26(32)34-27)33-21-8-4-2-5-9-21/h2,4-5,8-11,20H,3,6-7,12-19H2,1H3/t20-,27-. The van der Waals surface area contributed by atoms with Gasteiger partial charge in [-0.1, -0.05) is 24.6 Å². The minimum Gasteiger partial charge on any atom is -0.449 e. The van der Waals surface area contributed by atoms with E-state index in [1.54, 1.807) is 6.07 Å². The van der Waals surface area contributed by atoms with Gasteiger partial charge in [0.25, 0.3) is 0 Å². The molecule has 1 spiro atoms. The third-order valence-electron chi connectivity index (χ3n) is 7.53. The Morgan fingerprint density at radius 3 is 2.59 bits per heavy atom. The lowest BCUT2D eigenvalue weighted by Gasteiger charge is -2.37. The molecule has 2 aliphatic heterocycles. The number of pyridine rings is 1. The van der Waals surface area contributed by atoms with Crippen LogP contribution in [0.4, 0.5) is 0 Å². The number of carbonyl (C=O) groups is 2. The second-order valence-corrected chi connectivity index (χ2v) is 9.78. The van der Waals surface area contributed by atoms with E-state index in [0.717, 1.165) is 31.7 Å².